The molecule has 2 heterocycles. The molecule has 1 amide bonds. The maximum atomic E-state index is 11.7. The van der Waals surface area contributed by atoms with Gasteiger partial charge >= 0.3 is 12.1 Å². The van der Waals surface area contributed by atoms with Gasteiger partial charge in [-0.15, -0.1) is 0 Å². The summed E-state index contributed by atoms with van der Waals surface area (Å²) in [7, 11) is 0. The summed E-state index contributed by atoms with van der Waals surface area (Å²) in [6, 6.07) is 0. The summed E-state index contributed by atoms with van der Waals surface area (Å²) in [6.45, 7) is 18.0. The van der Waals surface area contributed by atoms with Crippen LogP contribution >= 0.6 is 0 Å². The van der Waals surface area contributed by atoms with Gasteiger partial charge in [0.15, 0.2) is 0 Å². The number of piperazine rings is 2. The van der Waals surface area contributed by atoms with Crippen molar-refractivity contribution < 1.29 is 19.4 Å². The normalized spacial score (nSPS) is 20.5. The van der Waals surface area contributed by atoms with E-state index in [0.29, 0.717) is 13.1 Å². The number of rotatable bonds is 9. The molecule has 2 saturated heterocycles. The Morgan fingerprint density at radius 1 is 0.793 bits per heavy atom. The van der Waals surface area contributed by atoms with Crippen molar-refractivity contribution in [3.8, 4) is 0 Å². The molecule has 9 nitrogen and oxygen atoms in total. The quantitative estimate of drug-likeness (QED) is 0.555. The summed E-state index contributed by atoms with van der Waals surface area (Å²) >= 11 is 0. The van der Waals surface area contributed by atoms with E-state index in [4.69, 9.17) is 9.84 Å². The van der Waals surface area contributed by atoms with E-state index in [1.807, 2.05) is 20.8 Å². The molecule has 0 atom stereocenters. The Kier molecular flexibility index (Phi) is 9.61. The highest BCUT2D eigenvalue weighted by molar-refractivity contribution is 5.67. The first-order valence-corrected chi connectivity index (χ1v) is 10.8. The number of carbonyl (C=O) groups excluding carboxylic acids is 1. The van der Waals surface area contributed by atoms with Crippen molar-refractivity contribution >= 4 is 12.1 Å². The summed E-state index contributed by atoms with van der Waals surface area (Å²) in [5.41, 5.74) is -0.458. The molecule has 0 bridgehead atoms. The van der Waals surface area contributed by atoms with Crippen molar-refractivity contribution in [2.45, 2.75) is 32.8 Å². The summed E-state index contributed by atoms with van der Waals surface area (Å²) in [4.78, 5) is 32.0. The molecule has 29 heavy (non-hydrogen) atoms. The highest BCUT2D eigenvalue weighted by atomic mass is 16.6. The van der Waals surface area contributed by atoms with Crippen LogP contribution in [-0.4, -0.2) is 127 Å². The molecule has 0 aliphatic carbocycles. The Balaban J connectivity index is 1.51. The van der Waals surface area contributed by atoms with Gasteiger partial charge in [-0.25, -0.2) is 4.79 Å². The average Bonchev–Trinajstić information content (AvgIpc) is 2.65. The highest BCUT2D eigenvalue weighted by Crippen LogP contribution is 2.07. The van der Waals surface area contributed by atoms with E-state index in [2.05, 4.69) is 24.9 Å². The summed E-state index contributed by atoms with van der Waals surface area (Å²) in [5, 5.41) is 11.6. The molecule has 2 rings (SSSR count). The Morgan fingerprint density at radius 3 is 1.62 bits per heavy atom. The van der Waals surface area contributed by atoms with Crippen LogP contribution < -0.4 is 5.32 Å². The number of carbonyl (C=O) groups is 2. The molecule has 0 aromatic carbocycles. The highest BCUT2D eigenvalue weighted by Gasteiger charge is 2.21. The van der Waals surface area contributed by atoms with Gasteiger partial charge < -0.3 is 20.1 Å². The van der Waals surface area contributed by atoms with Crippen molar-refractivity contribution in [2.75, 3.05) is 85.1 Å². The number of hydrogen-bond acceptors (Lipinski definition) is 7. The first-order chi connectivity index (χ1) is 13.7. The van der Waals surface area contributed by atoms with Gasteiger partial charge in [0.1, 0.15) is 5.60 Å². The molecule has 2 fully saturated rings. The monoisotopic (exact) mass is 413 g/mol. The Morgan fingerprint density at radius 2 is 1.21 bits per heavy atom. The zero-order valence-corrected chi connectivity index (χ0v) is 18.4. The standard InChI is InChI=1S/C20H39N5O4/c1-20(2,3)29-19(28)21-5-7-23-10-14-25(15-11-23)17-16-24-12-8-22(9-13-24)6-4-18(26)27/h4-17H2,1-3H3,(H,21,28)(H,26,27). The van der Waals surface area contributed by atoms with Crippen LogP contribution in [0, 0.1) is 0 Å². The fourth-order valence-corrected chi connectivity index (χ4v) is 3.64. The predicted octanol–water partition coefficient (Wildman–Crippen LogP) is 0.221. The second-order valence-corrected chi connectivity index (χ2v) is 8.94. The number of hydrogen-bond donors (Lipinski definition) is 2. The number of nitrogens with one attached hydrogen (secondary N) is 1. The molecule has 9 heteroatoms. The topological polar surface area (TPSA) is 88.6 Å². The Labute approximate surface area is 174 Å². The van der Waals surface area contributed by atoms with Crippen molar-refractivity contribution in [1.29, 1.82) is 0 Å². The Bertz CT molecular complexity index is 509. The van der Waals surface area contributed by atoms with Gasteiger partial charge in [-0.3, -0.25) is 19.5 Å². The van der Waals surface area contributed by atoms with Crippen molar-refractivity contribution in [2.24, 2.45) is 0 Å². The van der Waals surface area contributed by atoms with Crippen LogP contribution in [0.3, 0.4) is 0 Å². The van der Waals surface area contributed by atoms with Crippen LogP contribution in [0.15, 0.2) is 0 Å². The first-order valence-electron chi connectivity index (χ1n) is 10.8. The van der Waals surface area contributed by atoms with Gasteiger partial charge in [0.05, 0.1) is 6.42 Å². The first kappa shape index (κ1) is 23.9. The van der Waals surface area contributed by atoms with Crippen LogP contribution in [0.5, 0.6) is 0 Å². The minimum absolute atomic E-state index is 0.234. The lowest BCUT2D eigenvalue weighted by atomic mass is 10.2. The number of amides is 1. The van der Waals surface area contributed by atoms with Crippen LogP contribution in [0.1, 0.15) is 27.2 Å². The number of aliphatic carboxylic acids is 1. The van der Waals surface area contributed by atoms with E-state index >= 15 is 0 Å². The lowest BCUT2D eigenvalue weighted by molar-refractivity contribution is -0.137. The molecule has 0 unspecified atom stereocenters. The summed E-state index contributed by atoms with van der Waals surface area (Å²) in [6.07, 6.45) is -0.114. The van der Waals surface area contributed by atoms with E-state index in [-0.39, 0.29) is 12.5 Å². The van der Waals surface area contributed by atoms with Gasteiger partial charge in [-0.05, 0) is 20.8 Å². The lowest BCUT2D eigenvalue weighted by Crippen LogP contribution is -2.52. The maximum absolute atomic E-state index is 11.7. The number of carboxylic acid groups (broad SMARTS) is 1. The van der Waals surface area contributed by atoms with E-state index in [9.17, 15) is 9.59 Å². The van der Waals surface area contributed by atoms with Gasteiger partial charge in [-0.2, -0.15) is 0 Å². The molecule has 0 aromatic rings. The average molecular weight is 414 g/mol. The zero-order valence-electron chi connectivity index (χ0n) is 18.4. The molecule has 168 valence electrons. The van der Waals surface area contributed by atoms with Crippen LogP contribution in [0.2, 0.25) is 0 Å². The Hall–Kier alpha value is -1.42. The third-order valence-electron chi connectivity index (χ3n) is 5.40. The third kappa shape index (κ3) is 10.3. The largest absolute Gasteiger partial charge is 0.481 e. The second kappa shape index (κ2) is 11.7. The number of ether oxygens (including phenoxy) is 1. The molecule has 2 aliphatic rings. The molecule has 0 aromatic heterocycles. The molecular weight excluding hydrogens is 374 g/mol. The third-order valence-corrected chi connectivity index (χ3v) is 5.40. The van der Waals surface area contributed by atoms with E-state index in [1.54, 1.807) is 0 Å². The molecular formula is C20H39N5O4. The predicted molar refractivity (Wildman–Crippen MR) is 112 cm³/mol. The van der Waals surface area contributed by atoms with Crippen LogP contribution in [-0.2, 0) is 9.53 Å². The summed E-state index contributed by atoms with van der Waals surface area (Å²) < 4.78 is 5.25. The smallest absolute Gasteiger partial charge is 0.407 e. The minimum atomic E-state index is -0.716. The lowest BCUT2D eigenvalue weighted by Gasteiger charge is -2.38. The summed E-state index contributed by atoms with van der Waals surface area (Å²) in [5.74, 6) is -0.716. The maximum Gasteiger partial charge on any atom is 0.407 e. The molecule has 2 aliphatic heterocycles. The van der Waals surface area contributed by atoms with Crippen molar-refractivity contribution in [3.63, 3.8) is 0 Å². The van der Waals surface area contributed by atoms with Gasteiger partial charge in [-0.1, -0.05) is 0 Å². The molecule has 0 radical (unpaired) electrons. The molecule has 0 saturated carbocycles. The van der Waals surface area contributed by atoms with Gasteiger partial charge in [0.2, 0.25) is 0 Å². The fourth-order valence-electron chi connectivity index (χ4n) is 3.64. The number of carboxylic acids is 1. The SMILES string of the molecule is CC(C)(C)OC(=O)NCCN1CCN(CCN2CCN(CCC(=O)O)CC2)CC1. The fraction of sp³-hybridized carbons (Fsp3) is 0.900. The van der Waals surface area contributed by atoms with Crippen LogP contribution in [0.4, 0.5) is 4.79 Å². The van der Waals surface area contributed by atoms with Gasteiger partial charge in [0.25, 0.3) is 0 Å². The van der Waals surface area contributed by atoms with Crippen molar-refractivity contribution in [3.05, 3.63) is 0 Å². The van der Waals surface area contributed by atoms with E-state index in [1.165, 1.54) is 0 Å². The van der Waals surface area contributed by atoms with Gasteiger partial charge in [0, 0.05) is 85.1 Å². The minimum Gasteiger partial charge on any atom is -0.481 e. The second-order valence-electron chi connectivity index (χ2n) is 8.94. The zero-order chi connectivity index (χ0) is 21.3. The number of nitrogens with zero attached hydrogens (tertiary/aromatic N) is 4. The molecule has 2 N–H and O–H groups in total. The van der Waals surface area contributed by atoms with Crippen molar-refractivity contribution in [1.82, 2.24) is 24.9 Å². The molecule has 0 spiro atoms. The van der Waals surface area contributed by atoms with E-state index in [0.717, 1.165) is 72.0 Å². The van der Waals surface area contributed by atoms with Crippen LogP contribution in [0.25, 0.3) is 0 Å². The van der Waals surface area contributed by atoms with E-state index < -0.39 is 11.6 Å². The number of alkyl carbamates (subject to hydrolysis) is 1.